The van der Waals surface area contributed by atoms with Crippen LogP contribution in [0.4, 0.5) is 0 Å². The summed E-state index contributed by atoms with van der Waals surface area (Å²) < 4.78 is 5.78. The summed E-state index contributed by atoms with van der Waals surface area (Å²) >= 11 is 0. The van der Waals surface area contributed by atoms with E-state index in [0.29, 0.717) is 13.0 Å². The largest absolute Gasteiger partial charge is 0.493 e. The first-order valence-electron chi connectivity index (χ1n) is 8.11. The molecule has 1 heterocycles. The number of carbonyl (C=O) groups excluding carboxylic acids is 1. The lowest BCUT2D eigenvalue weighted by Crippen LogP contribution is -2.23. The zero-order valence-electron chi connectivity index (χ0n) is 13.6. The Morgan fingerprint density at radius 1 is 1.19 bits per heavy atom. The third kappa shape index (κ3) is 4.31. The lowest BCUT2D eigenvalue weighted by Gasteiger charge is -2.16. The molecule has 0 aromatic heterocycles. The average molecular weight is 289 g/mol. The van der Waals surface area contributed by atoms with Crippen LogP contribution >= 0.6 is 0 Å². The fraction of sp³-hybridized carbons (Fsp3) is 0.611. The van der Waals surface area contributed by atoms with Crippen LogP contribution in [0, 0.1) is 13.8 Å². The summed E-state index contributed by atoms with van der Waals surface area (Å²) in [4.78, 5) is 14.9. The van der Waals surface area contributed by atoms with Crippen LogP contribution in [0.1, 0.15) is 54.1 Å². The van der Waals surface area contributed by atoms with Gasteiger partial charge in [0.2, 0.25) is 0 Å². The molecule has 1 aromatic rings. The molecular formula is C18H27NO2. The van der Waals surface area contributed by atoms with Gasteiger partial charge < -0.3 is 9.64 Å². The van der Waals surface area contributed by atoms with Gasteiger partial charge in [-0.3, -0.25) is 4.79 Å². The van der Waals surface area contributed by atoms with Gasteiger partial charge in [-0.15, -0.1) is 0 Å². The molecule has 0 aliphatic carbocycles. The van der Waals surface area contributed by atoms with Crippen LogP contribution in [0.15, 0.2) is 12.1 Å². The maximum absolute atomic E-state index is 12.5. The maximum Gasteiger partial charge on any atom is 0.167 e. The number of ether oxygens (including phenoxy) is 1. The fourth-order valence-electron chi connectivity index (χ4n) is 2.74. The van der Waals surface area contributed by atoms with Crippen molar-refractivity contribution in [2.24, 2.45) is 0 Å². The zero-order valence-corrected chi connectivity index (χ0v) is 13.6. The van der Waals surface area contributed by atoms with Crippen molar-refractivity contribution >= 4 is 5.78 Å². The lowest BCUT2D eigenvalue weighted by molar-refractivity contribution is 0.0965. The van der Waals surface area contributed by atoms with Crippen molar-refractivity contribution in [3.63, 3.8) is 0 Å². The number of hydrogen-bond acceptors (Lipinski definition) is 3. The van der Waals surface area contributed by atoms with Gasteiger partial charge in [0.25, 0.3) is 0 Å². The number of rotatable bonds is 7. The lowest BCUT2D eigenvalue weighted by atomic mass is 10.0. The molecule has 1 fully saturated rings. The standard InChI is InChI=1S/C18H27NO2/c1-4-11-21-18-13-15(3)14(2)12-16(18)17(20)7-10-19-8-5-6-9-19/h12-13H,4-11H2,1-3H3. The summed E-state index contributed by atoms with van der Waals surface area (Å²) in [5, 5.41) is 0. The first-order valence-corrected chi connectivity index (χ1v) is 8.11. The van der Waals surface area contributed by atoms with Crippen molar-refractivity contribution in [1.82, 2.24) is 4.90 Å². The van der Waals surface area contributed by atoms with E-state index in [4.69, 9.17) is 4.74 Å². The second-order valence-corrected chi connectivity index (χ2v) is 6.00. The van der Waals surface area contributed by atoms with Crippen LogP contribution in [0.3, 0.4) is 0 Å². The van der Waals surface area contributed by atoms with Crippen LogP contribution in [-0.2, 0) is 0 Å². The Labute approximate surface area is 128 Å². The molecule has 1 aliphatic heterocycles. The van der Waals surface area contributed by atoms with Gasteiger partial charge in [-0.25, -0.2) is 0 Å². The molecule has 116 valence electrons. The van der Waals surface area contributed by atoms with E-state index in [9.17, 15) is 4.79 Å². The third-order valence-corrected chi connectivity index (χ3v) is 4.21. The van der Waals surface area contributed by atoms with Crippen molar-refractivity contribution in [2.45, 2.75) is 46.5 Å². The van der Waals surface area contributed by atoms with Gasteiger partial charge in [-0.2, -0.15) is 0 Å². The second-order valence-electron chi connectivity index (χ2n) is 6.00. The van der Waals surface area contributed by atoms with Crippen LogP contribution < -0.4 is 4.74 Å². The van der Waals surface area contributed by atoms with E-state index in [1.807, 2.05) is 12.1 Å². The molecule has 0 atom stereocenters. The Morgan fingerprint density at radius 2 is 1.86 bits per heavy atom. The topological polar surface area (TPSA) is 29.5 Å². The number of Topliss-reactive ketones (excluding diaryl/α,β-unsaturated/α-hetero) is 1. The van der Waals surface area contributed by atoms with Gasteiger partial charge in [0.15, 0.2) is 5.78 Å². The predicted molar refractivity (Wildman–Crippen MR) is 86.3 cm³/mol. The molecule has 0 radical (unpaired) electrons. The Kier molecular flexibility index (Phi) is 5.80. The molecular weight excluding hydrogens is 262 g/mol. The van der Waals surface area contributed by atoms with Crippen molar-refractivity contribution in [1.29, 1.82) is 0 Å². The highest BCUT2D eigenvalue weighted by Crippen LogP contribution is 2.25. The number of nitrogens with zero attached hydrogens (tertiary/aromatic N) is 1. The normalized spacial score (nSPS) is 15.4. The molecule has 0 amide bonds. The van der Waals surface area contributed by atoms with Crippen molar-refractivity contribution in [2.75, 3.05) is 26.2 Å². The van der Waals surface area contributed by atoms with E-state index >= 15 is 0 Å². The van der Waals surface area contributed by atoms with Gasteiger partial charge in [0, 0.05) is 13.0 Å². The first kappa shape index (κ1) is 16.0. The number of carbonyl (C=O) groups is 1. The molecule has 0 spiro atoms. The monoisotopic (exact) mass is 289 g/mol. The molecule has 2 rings (SSSR count). The maximum atomic E-state index is 12.5. The van der Waals surface area contributed by atoms with Crippen molar-refractivity contribution in [3.8, 4) is 5.75 Å². The minimum atomic E-state index is 0.205. The minimum Gasteiger partial charge on any atom is -0.493 e. The van der Waals surface area contributed by atoms with Crippen LogP contribution in [-0.4, -0.2) is 36.9 Å². The summed E-state index contributed by atoms with van der Waals surface area (Å²) in [7, 11) is 0. The summed E-state index contributed by atoms with van der Waals surface area (Å²) in [6.07, 6.45) is 4.07. The van der Waals surface area contributed by atoms with Gasteiger partial charge >= 0.3 is 0 Å². The number of hydrogen-bond donors (Lipinski definition) is 0. The highest BCUT2D eigenvalue weighted by atomic mass is 16.5. The predicted octanol–water partition coefficient (Wildman–Crippen LogP) is 3.76. The van der Waals surface area contributed by atoms with Gasteiger partial charge in [-0.05, 0) is 69.5 Å². The molecule has 1 aliphatic rings. The van der Waals surface area contributed by atoms with E-state index in [1.54, 1.807) is 0 Å². The van der Waals surface area contributed by atoms with Crippen LogP contribution in [0.25, 0.3) is 0 Å². The van der Waals surface area contributed by atoms with Crippen LogP contribution in [0.2, 0.25) is 0 Å². The Bertz CT molecular complexity index is 490. The van der Waals surface area contributed by atoms with Gasteiger partial charge in [0.05, 0.1) is 12.2 Å². The number of ketones is 1. The summed E-state index contributed by atoms with van der Waals surface area (Å²) in [6.45, 7) is 10.0. The third-order valence-electron chi connectivity index (χ3n) is 4.21. The highest BCUT2D eigenvalue weighted by molar-refractivity contribution is 5.99. The number of likely N-dealkylation sites (tertiary alicyclic amines) is 1. The Balaban J connectivity index is 2.07. The average Bonchev–Trinajstić information content (AvgIpc) is 2.99. The van der Waals surface area contributed by atoms with E-state index < -0.39 is 0 Å². The molecule has 1 aromatic carbocycles. The Hall–Kier alpha value is -1.35. The van der Waals surface area contributed by atoms with E-state index in [-0.39, 0.29) is 5.78 Å². The van der Waals surface area contributed by atoms with Crippen molar-refractivity contribution in [3.05, 3.63) is 28.8 Å². The summed E-state index contributed by atoms with van der Waals surface area (Å²) in [5.74, 6) is 0.961. The molecule has 0 bridgehead atoms. The number of aryl methyl sites for hydroxylation is 2. The van der Waals surface area contributed by atoms with E-state index in [1.165, 1.54) is 18.4 Å². The smallest absolute Gasteiger partial charge is 0.167 e. The first-order chi connectivity index (χ1) is 10.1. The molecule has 3 heteroatoms. The zero-order chi connectivity index (χ0) is 15.2. The molecule has 21 heavy (non-hydrogen) atoms. The molecule has 0 unspecified atom stereocenters. The quantitative estimate of drug-likeness (QED) is 0.716. The number of benzene rings is 1. The van der Waals surface area contributed by atoms with Crippen molar-refractivity contribution < 1.29 is 9.53 Å². The molecule has 0 N–H and O–H groups in total. The van der Waals surface area contributed by atoms with E-state index in [0.717, 1.165) is 42.9 Å². The highest BCUT2D eigenvalue weighted by Gasteiger charge is 2.17. The SMILES string of the molecule is CCCOc1cc(C)c(C)cc1C(=O)CCN1CCCC1. The van der Waals surface area contributed by atoms with Gasteiger partial charge in [0.1, 0.15) is 5.75 Å². The van der Waals surface area contributed by atoms with Gasteiger partial charge in [-0.1, -0.05) is 6.92 Å². The Morgan fingerprint density at radius 3 is 2.52 bits per heavy atom. The molecule has 3 nitrogen and oxygen atoms in total. The van der Waals surface area contributed by atoms with E-state index in [2.05, 4.69) is 25.7 Å². The summed E-state index contributed by atoms with van der Waals surface area (Å²) in [5.41, 5.74) is 3.09. The summed E-state index contributed by atoms with van der Waals surface area (Å²) in [6, 6.07) is 4.00. The minimum absolute atomic E-state index is 0.205. The molecule has 0 saturated carbocycles. The van der Waals surface area contributed by atoms with Crippen LogP contribution in [0.5, 0.6) is 5.75 Å². The fourth-order valence-corrected chi connectivity index (χ4v) is 2.74. The molecule has 1 saturated heterocycles. The second kappa shape index (κ2) is 7.60.